The second-order valence-corrected chi connectivity index (χ2v) is 4.32. The van der Waals surface area contributed by atoms with E-state index in [-0.39, 0.29) is 5.91 Å². The van der Waals surface area contributed by atoms with Gasteiger partial charge in [-0.1, -0.05) is 17.7 Å². The van der Waals surface area contributed by atoms with E-state index in [0.717, 1.165) is 22.5 Å². The first-order valence-electron chi connectivity index (χ1n) is 5.42. The van der Waals surface area contributed by atoms with E-state index in [2.05, 4.69) is 15.3 Å². The van der Waals surface area contributed by atoms with E-state index in [1.165, 1.54) is 13.3 Å². The fourth-order valence-electron chi connectivity index (χ4n) is 1.71. The molecule has 92 valence electrons. The van der Waals surface area contributed by atoms with Crippen molar-refractivity contribution in [1.82, 2.24) is 9.97 Å². The second-order valence-electron chi connectivity index (χ2n) is 3.94. The second kappa shape index (κ2) is 5.14. The van der Waals surface area contributed by atoms with Crippen LogP contribution in [0.25, 0.3) is 11.3 Å². The van der Waals surface area contributed by atoms with Gasteiger partial charge in [0.2, 0.25) is 5.91 Å². The van der Waals surface area contributed by atoms with Crippen LogP contribution in [0.4, 0.5) is 5.69 Å². The highest BCUT2D eigenvalue weighted by molar-refractivity contribution is 6.29. The number of aromatic nitrogens is 2. The van der Waals surface area contributed by atoms with Crippen LogP contribution >= 0.6 is 11.6 Å². The quantitative estimate of drug-likeness (QED) is 0.846. The fourth-order valence-corrected chi connectivity index (χ4v) is 1.86. The molecule has 2 rings (SSSR count). The summed E-state index contributed by atoms with van der Waals surface area (Å²) in [6.07, 6.45) is 1.43. The van der Waals surface area contributed by atoms with Gasteiger partial charge in [-0.25, -0.2) is 9.97 Å². The van der Waals surface area contributed by atoms with Crippen LogP contribution in [0.15, 0.2) is 30.6 Å². The molecule has 0 spiro atoms. The monoisotopic (exact) mass is 261 g/mol. The summed E-state index contributed by atoms with van der Waals surface area (Å²) in [7, 11) is 0. The molecule has 1 aromatic carbocycles. The molecule has 0 saturated heterocycles. The number of nitrogens with zero attached hydrogens (tertiary/aromatic N) is 2. The lowest BCUT2D eigenvalue weighted by molar-refractivity contribution is -0.114. The van der Waals surface area contributed by atoms with Crippen molar-refractivity contribution in [1.29, 1.82) is 0 Å². The van der Waals surface area contributed by atoms with Crippen molar-refractivity contribution in [3.05, 3.63) is 41.3 Å². The number of hydrogen-bond donors (Lipinski definition) is 1. The summed E-state index contributed by atoms with van der Waals surface area (Å²) in [4.78, 5) is 19.0. The van der Waals surface area contributed by atoms with Gasteiger partial charge in [0.15, 0.2) is 0 Å². The molecule has 5 heteroatoms. The van der Waals surface area contributed by atoms with Crippen LogP contribution in [0.2, 0.25) is 5.15 Å². The van der Waals surface area contributed by atoms with Gasteiger partial charge >= 0.3 is 0 Å². The minimum Gasteiger partial charge on any atom is -0.326 e. The minimum absolute atomic E-state index is 0.0905. The molecule has 0 fully saturated rings. The molecule has 0 radical (unpaired) electrons. The Morgan fingerprint density at radius 2 is 2.06 bits per heavy atom. The standard InChI is InChI=1S/C13H12ClN3O/c1-8-5-10(17-9(2)18)3-4-11(8)12-6-13(14)16-7-15-12/h3-7H,1-2H3,(H,17,18). The number of anilines is 1. The average molecular weight is 262 g/mol. The molecule has 0 aliphatic heterocycles. The largest absolute Gasteiger partial charge is 0.326 e. The van der Waals surface area contributed by atoms with Crippen LogP contribution < -0.4 is 5.32 Å². The molecular formula is C13H12ClN3O. The number of aryl methyl sites for hydroxylation is 1. The van der Waals surface area contributed by atoms with Crippen molar-refractivity contribution >= 4 is 23.2 Å². The molecule has 1 amide bonds. The van der Waals surface area contributed by atoms with Crippen molar-refractivity contribution in [3.63, 3.8) is 0 Å². The maximum absolute atomic E-state index is 11.0. The van der Waals surface area contributed by atoms with Crippen molar-refractivity contribution in [2.75, 3.05) is 5.32 Å². The Morgan fingerprint density at radius 3 is 2.67 bits per heavy atom. The first kappa shape index (κ1) is 12.5. The van der Waals surface area contributed by atoms with Gasteiger partial charge in [-0.15, -0.1) is 0 Å². The molecule has 0 atom stereocenters. The van der Waals surface area contributed by atoms with Gasteiger partial charge in [0.05, 0.1) is 5.69 Å². The lowest BCUT2D eigenvalue weighted by atomic mass is 10.0. The number of benzene rings is 1. The summed E-state index contributed by atoms with van der Waals surface area (Å²) in [6, 6.07) is 7.34. The topological polar surface area (TPSA) is 54.9 Å². The fraction of sp³-hybridized carbons (Fsp3) is 0.154. The number of rotatable bonds is 2. The van der Waals surface area contributed by atoms with Gasteiger partial charge < -0.3 is 5.32 Å². The summed E-state index contributed by atoms with van der Waals surface area (Å²) < 4.78 is 0. The van der Waals surface area contributed by atoms with Crippen LogP contribution in [-0.2, 0) is 4.79 Å². The Kier molecular flexibility index (Phi) is 3.58. The highest BCUT2D eigenvalue weighted by atomic mass is 35.5. The molecule has 0 aliphatic rings. The normalized spacial score (nSPS) is 10.2. The molecule has 2 aromatic rings. The maximum Gasteiger partial charge on any atom is 0.221 e. The smallest absolute Gasteiger partial charge is 0.221 e. The van der Waals surface area contributed by atoms with Gasteiger partial charge in [0, 0.05) is 24.2 Å². The van der Waals surface area contributed by atoms with E-state index in [1.807, 2.05) is 25.1 Å². The van der Waals surface area contributed by atoms with E-state index in [9.17, 15) is 4.79 Å². The van der Waals surface area contributed by atoms with Crippen LogP contribution in [0, 0.1) is 6.92 Å². The van der Waals surface area contributed by atoms with E-state index < -0.39 is 0 Å². The van der Waals surface area contributed by atoms with E-state index in [4.69, 9.17) is 11.6 Å². The average Bonchev–Trinajstić information content (AvgIpc) is 2.28. The highest BCUT2D eigenvalue weighted by Gasteiger charge is 2.06. The van der Waals surface area contributed by atoms with Crippen LogP contribution in [0.1, 0.15) is 12.5 Å². The SMILES string of the molecule is CC(=O)Nc1ccc(-c2cc(Cl)ncn2)c(C)c1. The molecule has 0 aliphatic carbocycles. The van der Waals surface area contributed by atoms with Crippen LogP contribution in [0.3, 0.4) is 0 Å². The molecule has 0 unspecified atom stereocenters. The number of carbonyl (C=O) groups is 1. The summed E-state index contributed by atoms with van der Waals surface area (Å²) in [6.45, 7) is 3.43. The number of halogens is 1. The molecular weight excluding hydrogens is 250 g/mol. The maximum atomic E-state index is 11.0. The lowest BCUT2D eigenvalue weighted by Gasteiger charge is -2.08. The first-order valence-corrected chi connectivity index (χ1v) is 5.80. The van der Waals surface area contributed by atoms with Gasteiger partial charge in [0.1, 0.15) is 11.5 Å². The van der Waals surface area contributed by atoms with E-state index in [0.29, 0.717) is 5.15 Å². The van der Waals surface area contributed by atoms with Gasteiger partial charge in [-0.3, -0.25) is 4.79 Å². The third-order valence-electron chi connectivity index (χ3n) is 2.46. The zero-order valence-corrected chi connectivity index (χ0v) is 10.8. The number of carbonyl (C=O) groups excluding carboxylic acids is 1. The minimum atomic E-state index is -0.0905. The van der Waals surface area contributed by atoms with Crippen molar-refractivity contribution in [2.24, 2.45) is 0 Å². The Balaban J connectivity index is 2.38. The van der Waals surface area contributed by atoms with Crippen LogP contribution in [0.5, 0.6) is 0 Å². The third-order valence-corrected chi connectivity index (χ3v) is 2.66. The summed E-state index contributed by atoms with van der Waals surface area (Å²) >= 11 is 5.84. The van der Waals surface area contributed by atoms with Gasteiger partial charge in [-0.05, 0) is 24.6 Å². The Hall–Kier alpha value is -1.94. The summed E-state index contributed by atoms with van der Waals surface area (Å²) in [5.41, 5.74) is 3.51. The number of amides is 1. The predicted octanol–water partition coefficient (Wildman–Crippen LogP) is 3.06. The Morgan fingerprint density at radius 1 is 1.28 bits per heavy atom. The van der Waals surface area contributed by atoms with E-state index >= 15 is 0 Å². The zero-order valence-electron chi connectivity index (χ0n) is 10.1. The van der Waals surface area contributed by atoms with Crippen molar-refractivity contribution in [3.8, 4) is 11.3 Å². The van der Waals surface area contributed by atoms with Gasteiger partial charge in [-0.2, -0.15) is 0 Å². The highest BCUT2D eigenvalue weighted by Crippen LogP contribution is 2.25. The Bertz CT molecular complexity index is 599. The van der Waals surface area contributed by atoms with Crippen molar-refractivity contribution in [2.45, 2.75) is 13.8 Å². The third kappa shape index (κ3) is 2.84. The van der Waals surface area contributed by atoms with Crippen molar-refractivity contribution < 1.29 is 4.79 Å². The molecule has 1 aromatic heterocycles. The van der Waals surface area contributed by atoms with E-state index in [1.54, 1.807) is 6.07 Å². The summed E-state index contributed by atoms with van der Waals surface area (Å²) in [5, 5.41) is 3.15. The Labute approximate surface area is 110 Å². The first-order chi connectivity index (χ1) is 8.56. The van der Waals surface area contributed by atoms with Crippen LogP contribution in [-0.4, -0.2) is 15.9 Å². The lowest BCUT2D eigenvalue weighted by Crippen LogP contribution is -2.05. The number of nitrogens with one attached hydrogen (secondary N) is 1. The molecule has 1 N–H and O–H groups in total. The zero-order chi connectivity index (χ0) is 13.1. The molecule has 0 saturated carbocycles. The molecule has 18 heavy (non-hydrogen) atoms. The molecule has 1 heterocycles. The molecule has 0 bridgehead atoms. The summed E-state index contributed by atoms with van der Waals surface area (Å²) in [5.74, 6) is -0.0905. The molecule has 4 nitrogen and oxygen atoms in total. The predicted molar refractivity (Wildman–Crippen MR) is 71.5 cm³/mol. The number of hydrogen-bond acceptors (Lipinski definition) is 3. The van der Waals surface area contributed by atoms with Gasteiger partial charge in [0.25, 0.3) is 0 Å².